The Kier molecular flexibility index (Phi) is 7.24. The van der Waals surface area contributed by atoms with Gasteiger partial charge in [-0.3, -0.25) is 9.69 Å². The minimum atomic E-state index is -4.42. The molecule has 1 amide bonds. The molecule has 1 fully saturated rings. The summed E-state index contributed by atoms with van der Waals surface area (Å²) in [5.74, 6) is -0.555. The molecule has 3 aromatic carbocycles. The van der Waals surface area contributed by atoms with Crippen LogP contribution in [0.2, 0.25) is 0 Å². The van der Waals surface area contributed by atoms with E-state index in [2.05, 4.69) is 27.2 Å². The predicted molar refractivity (Wildman–Crippen MR) is 139 cm³/mol. The topological polar surface area (TPSA) is 35.6 Å². The number of fused-ring (bicyclic) bond motifs is 3. The third-order valence-electron chi connectivity index (χ3n) is 7.68. The first-order chi connectivity index (χ1) is 17.8. The molecule has 0 aromatic heterocycles. The van der Waals surface area contributed by atoms with Crippen molar-refractivity contribution in [2.45, 2.75) is 38.0 Å². The van der Waals surface area contributed by atoms with Crippen molar-refractivity contribution in [3.63, 3.8) is 0 Å². The average molecular weight is 508 g/mol. The Bertz CT molecular complexity index is 1220. The highest BCUT2D eigenvalue weighted by Gasteiger charge is 2.42. The van der Waals surface area contributed by atoms with Gasteiger partial charge in [-0.05, 0) is 54.7 Å². The first-order valence-corrected chi connectivity index (χ1v) is 12.9. The normalized spacial score (nSPS) is 20.6. The molecular weight excluding hydrogens is 475 g/mol. The number of hydrogen-bond acceptors (Lipinski definition) is 3. The molecular formula is C30H32F3N3O. The van der Waals surface area contributed by atoms with Crippen LogP contribution in [0, 0.1) is 5.92 Å². The van der Waals surface area contributed by atoms with Crippen molar-refractivity contribution in [2.24, 2.45) is 5.92 Å². The number of hydrogen-bond donors (Lipinski definition) is 1. The van der Waals surface area contributed by atoms with Crippen LogP contribution in [0.5, 0.6) is 0 Å². The SMILES string of the molecule is C[C@H](NC(=O)[C@H]1Cc2cc(C(F)(F)F)ccc2N2CCN(CCc3ccccc3)C[C@@H]12)c1ccccc1. The maximum Gasteiger partial charge on any atom is 0.416 e. The molecule has 2 aliphatic rings. The Balaban J connectivity index is 1.39. The van der Waals surface area contributed by atoms with Crippen molar-refractivity contribution in [2.75, 3.05) is 31.1 Å². The molecule has 0 spiro atoms. The highest BCUT2D eigenvalue weighted by Crippen LogP contribution is 2.40. The molecule has 2 heterocycles. The summed E-state index contributed by atoms with van der Waals surface area (Å²) in [6.07, 6.45) is -3.21. The van der Waals surface area contributed by atoms with Crippen molar-refractivity contribution in [1.82, 2.24) is 10.2 Å². The summed E-state index contributed by atoms with van der Waals surface area (Å²) in [7, 11) is 0. The molecule has 0 saturated carbocycles. The zero-order chi connectivity index (χ0) is 26.0. The number of amides is 1. The lowest BCUT2D eigenvalue weighted by Crippen LogP contribution is -2.61. The van der Waals surface area contributed by atoms with E-state index < -0.39 is 17.7 Å². The molecule has 3 atom stereocenters. The van der Waals surface area contributed by atoms with Gasteiger partial charge in [0.15, 0.2) is 0 Å². The predicted octanol–water partition coefficient (Wildman–Crippen LogP) is 5.49. The van der Waals surface area contributed by atoms with E-state index in [0.29, 0.717) is 25.1 Å². The van der Waals surface area contributed by atoms with Crippen molar-refractivity contribution < 1.29 is 18.0 Å². The molecule has 0 aliphatic carbocycles. The molecule has 194 valence electrons. The van der Waals surface area contributed by atoms with Gasteiger partial charge in [0.25, 0.3) is 0 Å². The Labute approximate surface area is 216 Å². The van der Waals surface area contributed by atoms with Crippen LogP contribution in [-0.4, -0.2) is 43.0 Å². The lowest BCUT2D eigenvalue weighted by Gasteiger charge is -2.49. The smallest absolute Gasteiger partial charge is 0.365 e. The highest BCUT2D eigenvalue weighted by molar-refractivity contribution is 5.82. The minimum Gasteiger partial charge on any atom is -0.365 e. The summed E-state index contributed by atoms with van der Waals surface area (Å²) < 4.78 is 40.4. The third-order valence-corrected chi connectivity index (χ3v) is 7.68. The maximum absolute atomic E-state index is 13.6. The van der Waals surface area contributed by atoms with Crippen molar-refractivity contribution >= 4 is 11.6 Å². The monoisotopic (exact) mass is 507 g/mol. The van der Waals surface area contributed by atoms with Crippen LogP contribution >= 0.6 is 0 Å². The Hall–Kier alpha value is -3.32. The molecule has 5 rings (SSSR count). The lowest BCUT2D eigenvalue weighted by atomic mass is 9.82. The molecule has 1 N–H and O–H groups in total. The quantitative estimate of drug-likeness (QED) is 0.480. The van der Waals surface area contributed by atoms with E-state index in [0.717, 1.165) is 36.8 Å². The van der Waals surface area contributed by atoms with Crippen LogP contribution < -0.4 is 10.2 Å². The Morgan fingerprint density at radius 1 is 1.00 bits per heavy atom. The summed E-state index contributed by atoms with van der Waals surface area (Å²) in [6, 6.07) is 23.7. The second-order valence-electron chi connectivity index (χ2n) is 10.1. The van der Waals surface area contributed by atoms with E-state index >= 15 is 0 Å². The summed E-state index contributed by atoms with van der Waals surface area (Å²) in [5.41, 5.74) is 3.01. The number of nitrogens with zero attached hydrogens (tertiary/aromatic N) is 2. The van der Waals surface area contributed by atoms with E-state index in [4.69, 9.17) is 0 Å². The zero-order valence-corrected chi connectivity index (χ0v) is 20.9. The number of halogens is 3. The van der Waals surface area contributed by atoms with Gasteiger partial charge in [-0.1, -0.05) is 60.7 Å². The van der Waals surface area contributed by atoms with Gasteiger partial charge in [0.05, 0.1) is 23.6 Å². The van der Waals surface area contributed by atoms with Gasteiger partial charge in [-0.2, -0.15) is 13.2 Å². The summed E-state index contributed by atoms with van der Waals surface area (Å²) in [4.78, 5) is 18.2. The molecule has 1 saturated heterocycles. The molecule has 0 radical (unpaired) electrons. The van der Waals surface area contributed by atoms with Gasteiger partial charge in [-0.15, -0.1) is 0 Å². The van der Waals surface area contributed by atoms with Gasteiger partial charge in [0.1, 0.15) is 0 Å². The van der Waals surface area contributed by atoms with Crippen LogP contribution in [0.1, 0.15) is 35.2 Å². The minimum absolute atomic E-state index is 0.100. The highest BCUT2D eigenvalue weighted by atomic mass is 19.4. The molecule has 0 unspecified atom stereocenters. The van der Waals surface area contributed by atoms with Gasteiger partial charge < -0.3 is 10.2 Å². The number of carbonyl (C=O) groups is 1. The van der Waals surface area contributed by atoms with Gasteiger partial charge in [-0.25, -0.2) is 0 Å². The van der Waals surface area contributed by atoms with Crippen molar-refractivity contribution in [3.05, 3.63) is 101 Å². The van der Waals surface area contributed by atoms with E-state index in [1.807, 2.05) is 55.5 Å². The molecule has 0 bridgehead atoms. The first kappa shape index (κ1) is 25.3. The van der Waals surface area contributed by atoms with Crippen LogP contribution in [0.4, 0.5) is 18.9 Å². The zero-order valence-electron chi connectivity index (χ0n) is 20.9. The van der Waals surface area contributed by atoms with E-state index in [-0.39, 0.29) is 18.0 Å². The van der Waals surface area contributed by atoms with Crippen LogP contribution in [0.25, 0.3) is 0 Å². The number of piperazine rings is 1. The molecule has 37 heavy (non-hydrogen) atoms. The van der Waals surface area contributed by atoms with Gasteiger partial charge in [0, 0.05) is 31.9 Å². The van der Waals surface area contributed by atoms with E-state index in [1.54, 1.807) is 6.07 Å². The second-order valence-corrected chi connectivity index (χ2v) is 10.1. The number of carbonyl (C=O) groups excluding carboxylic acids is 1. The van der Waals surface area contributed by atoms with Crippen molar-refractivity contribution in [1.29, 1.82) is 0 Å². The number of benzene rings is 3. The number of rotatable bonds is 6. The Morgan fingerprint density at radius 2 is 1.70 bits per heavy atom. The standard InChI is InChI=1S/C30H32F3N3O/c1-21(23-10-6-3-7-11-23)34-29(37)26-19-24-18-25(30(31,32)33)12-13-27(24)36-17-16-35(20-28(26)36)15-14-22-8-4-2-5-9-22/h2-13,18,21,26,28H,14-17,19-20H2,1H3,(H,34,37)/t21-,26-,28-/m0/s1. The summed E-state index contributed by atoms with van der Waals surface area (Å²) in [5, 5.41) is 3.14. The average Bonchev–Trinajstić information content (AvgIpc) is 2.91. The molecule has 2 aliphatic heterocycles. The van der Waals surface area contributed by atoms with Crippen LogP contribution in [0.3, 0.4) is 0 Å². The number of nitrogens with one attached hydrogen (secondary N) is 1. The molecule has 4 nitrogen and oxygen atoms in total. The fourth-order valence-corrected chi connectivity index (χ4v) is 5.64. The maximum atomic E-state index is 13.6. The molecule has 3 aromatic rings. The first-order valence-electron chi connectivity index (χ1n) is 12.9. The van der Waals surface area contributed by atoms with Crippen LogP contribution in [0.15, 0.2) is 78.9 Å². The summed E-state index contributed by atoms with van der Waals surface area (Å²) in [6.45, 7) is 5.00. The van der Waals surface area contributed by atoms with Crippen LogP contribution in [-0.2, 0) is 23.8 Å². The van der Waals surface area contributed by atoms with E-state index in [1.165, 1.54) is 11.6 Å². The second kappa shape index (κ2) is 10.6. The third kappa shape index (κ3) is 5.67. The van der Waals surface area contributed by atoms with Crippen molar-refractivity contribution in [3.8, 4) is 0 Å². The molecule has 7 heteroatoms. The fourth-order valence-electron chi connectivity index (χ4n) is 5.64. The summed E-state index contributed by atoms with van der Waals surface area (Å²) >= 11 is 0. The van der Waals surface area contributed by atoms with Gasteiger partial charge >= 0.3 is 6.18 Å². The van der Waals surface area contributed by atoms with Gasteiger partial charge in [0.2, 0.25) is 5.91 Å². The largest absolute Gasteiger partial charge is 0.416 e. The number of alkyl halides is 3. The number of anilines is 1. The fraction of sp³-hybridized carbons (Fsp3) is 0.367. The lowest BCUT2D eigenvalue weighted by molar-refractivity contribution is -0.137. The Morgan fingerprint density at radius 3 is 2.41 bits per heavy atom. The van der Waals surface area contributed by atoms with E-state index in [9.17, 15) is 18.0 Å².